The Morgan fingerprint density at radius 1 is 1.17 bits per heavy atom. The molecule has 0 spiro atoms. The number of hydrogen-bond donors (Lipinski definition) is 2. The first-order chi connectivity index (χ1) is 10.8. The van der Waals surface area contributed by atoms with Crippen molar-refractivity contribution in [3.05, 3.63) is 35.4 Å². The second kappa shape index (κ2) is 8.83. The van der Waals surface area contributed by atoms with Crippen molar-refractivity contribution < 1.29 is 18.4 Å². The van der Waals surface area contributed by atoms with E-state index in [1.807, 2.05) is 13.8 Å². The van der Waals surface area contributed by atoms with Crippen LogP contribution in [-0.4, -0.2) is 17.9 Å². The van der Waals surface area contributed by atoms with Crippen molar-refractivity contribution in [2.24, 2.45) is 0 Å². The molecule has 0 heterocycles. The van der Waals surface area contributed by atoms with Crippen molar-refractivity contribution in [2.75, 3.05) is 0 Å². The molecule has 124 valence electrons. The summed E-state index contributed by atoms with van der Waals surface area (Å²) in [7, 11) is 0. The predicted molar refractivity (Wildman–Crippen MR) is 80.0 cm³/mol. The number of rotatable bonds is 7. The molecule has 0 aliphatic heterocycles. The van der Waals surface area contributed by atoms with Crippen molar-refractivity contribution in [2.45, 2.75) is 45.2 Å². The van der Waals surface area contributed by atoms with Crippen LogP contribution in [0.15, 0.2) is 18.2 Å². The SMILES string of the molecule is CC(C)NC(=O)CCCC(=O)N[C@@H](C#N)c1ccc(F)cc1F. The number of nitrogens with zero attached hydrogens (tertiary/aromatic N) is 1. The highest BCUT2D eigenvalue weighted by Gasteiger charge is 2.18. The third kappa shape index (κ3) is 6.43. The number of carbonyl (C=O) groups is 2. The molecule has 0 aliphatic carbocycles. The molecule has 1 aromatic rings. The fraction of sp³-hybridized carbons (Fsp3) is 0.438. The minimum Gasteiger partial charge on any atom is -0.354 e. The maximum Gasteiger partial charge on any atom is 0.221 e. The number of carbonyl (C=O) groups excluding carboxylic acids is 2. The van der Waals surface area contributed by atoms with E-state index in [1.54, 1.807) is 6.07 Å². The van der Waals surface area contributed by atoms with Gasteiger partial charge >= 0.3 is 0 Å². The molecule has 0 saturated heterocycles. The normalized spacial score (nSPS) is 11.7. The third-order valence-electron chi connectivity index (χ3n) is 2.97. The average Bonchev–Trinajstić information content (AvgIpc) is 2.44. The molecule has 0 fully saturated rings. The lowest BCUT2D eigenvalue weighted by Gasteiger charge is -2.13. The quantitative estimate of drug-likeness (QED) is 0.808. The molecular weight excluding hydrogens is 304 g/mol. The van der Waals surface area contributed by atoms with E-state index < -0.39 is 23.6 Å². The first kappa shape index (κ1) is 18.6. The third-order valence-corrected chi connectivity index (χ3v) is 2.97. The standard InChI is InChI=1S/C16H19F2N3O2/c1-10(2)20-15(22)4-3-5-16(23)21-14(9-19)12-7-6-11(17)8-13(12)18/h6-8,10,14H,3-5H2,1-2H3,(H,20,22)(H,21,23)/t14-/m0/s1. The summed E-state index contributed by atoms with van der Waals surface area (Å²) in [5.74, 6) is -2.29. The number of amides is 2. The zero-order valence-electron chi connectivity index (χ0n) is 13.0. The van der Waals surface area contributed by atoms with Gasteiger partial charge in [0.25, 0.3) is 0 Å². The van der Waals surface area contributed by atoms with E-state index in [-0.39, 0.29) is 30.4 Å². The molecular formula is C16H19F2N3O2. The first-order valence-electron chi connectivity index (χ1n) is 7.26. The fourth-order valence-electron chi connectivity index (χ4n) is 1.95. The average molecular weight is 323 g/mol. The van der Waals surface area contributed by atoms with Gasteiger partial charge in [-0.05, 0) is 26.3 Å². The van der Waals surface area contributed by atoms with Crippen LogP contribution in [0.25, 0.3) is 0 Å². The largest absolute Gasteiger partial charge is 0.354 e. The Bertz CT molecular complexity index is 612. The van der Waals surface area contributed by atoms with Gasteiger partial charge in [0.2, 0.25) is 11.8 Å². The molecule has 0 saturated carbocycles. The zero-order chi connectivity index (χ0) is 17.4. The highest BCUT2D eigenvalue weighted by Crippen LogP contribution is 2.18. The topological polar surface area (TPSA) is 82.0 Å². The monoisotopic (exact) mass is 323 g/mol. The van der Waals surface area contributed by atoms with Crippen LogP contribution in [0, 0.1) is 23.0 Å². The molecule has 0 bridgehead atoms. The number of benzene rings is 1. The van der Waals surface area contributed by atoms with E-state index in [2.05, 4.69) is 10.6 Å². The van der Waals surface area contributed by atoms with Gasteiger partial charge < -0.3 is 10.6 Å². The molecule has 0 radical (unpaired) electrons. The van der Waals surface area contributed by atoms with Crippen LogP contribution < -0.4 is 10.6 Å². The maximum atomic E-state index is 13.6. The lowest BCUT2D eigenvalue weighted by Crippen LogP contribution is -2.31. The molecule has 2 amide bonds. The molecule has 0 unspecified atom stereocenters. The highest BCUT2D eigenvalue weighted by atomic mass is 19.1. The van der Waals surface area contributed by atoms with Gasteiger partial charge in [-0.15, -0.1) is 0 Å². The Labute approximate surface area is 133 Å². The minimum atomic E-state index is -1.20. The van der Waals surface area contributed by atoms with Gasteiger partial charge in [0.1, 0.15) is 17.7 Å². The summed E-state index contributed by atoms with van der Waals surface area (Å²) in [5.41, 5.74) is -0.0974. The van der Waals surface area contributed by atoms with Crippen LogP contribution in [0.2, 0.25) is 0 Å². The van der Waals surface area contributed by atoms with Crippen molar-refractivity contribution in [1.29, 1.82) is 5.26 Å². The zero-order valence-corrected chi connectivity index (χ0v) is 13.0. The van der Waals surface area contributed by atoms with E-state index in [0.717, 1.165) is 12.1 Å². The van der Waals surface area contributed by atoms with Crippen molar-refractivity contribution in [3.8, 4) is 6.07 Å². The smallest absolute Gasteiger partial charge is 0.221 e. The Morgan fingerprint density at radius 2 is 1.78 bits per heavy atom. The predicted octanol–water partition coefficient (Wildman–Crippen LogP) is 2.34. The summed E-state index contributed by atoms with van der Waals surface area (Å²) < 4.78 is 26.5. The van der Waals surface area contributed by atoms with Gasteiger partial charge in [0, 0.05) is 30.5 Å². The molecule has 2 N–H and O–H groups in total. The Morgan fingerprint density at radius 3 is 2.30 bits per heavy atom. The summed E-state index contributed by atoms with van der Waals surface area (Å²) in [6.45, 7) is 3.67. The lowest BCUT2D eigenvalue weighted by molar-refractivity contribution is -0.122. The highest BCUT2D eigenvalue weighted by molar-refractivity contribution is 5.79. The van der Waals surface area contributed by atoms with E-state index >= 15 is 0 Å². The molecule has 1 aromatic carbocycles. The van der Waals surface area contributed by atoms with Crippen LogP contribution >= 0.6 is 0 Å². The number of nitriles is 1. The Hall–Kier alpha value is -2.49. The summed E-state index contributed by atoms with van der Waals surface area (Å²) in [6, 6.07) is 3.38. The maximum absolute atomic E-state index is 13.6. The summed E-state index contributed by atoms with van der Waals surface area (Å²) in [6.07, 6.45) is 0.536. The molecule has 1 rings (SSSR count). The van der Waals surface area contributed by atoms with Gasteiger partial charge in [0.15, 0.2) is 0 Å². The van der Waals surface area contributed by atoms with Crippen molar-refractivity contribution in [3.63, 3.8) is 0 Å². The second-order valence-electron chi connectivity index (χ2n) is 5.37. The minimum absolute atomic E-state index is 0.0285. The van der Waals surface area contributed by atoms with Crippen LogP contribution in [0.4, 0.5) is 8.78 Å². The second-order valence-corrected chi connectivity index (χ2v) is 5.37. The Kier molecular flexibility index (Phi) is 7.13. The van der Waals surface area contributed by atoms with Crippen LogP contribution in [0.3, 0.4) is 0 Å². The summed E-state index contributed by atoms with van der Waals surface area (Å²) >= 11 is 0. The molecule has 5 nitrogen and oxygen atoms in total. The summed E-state index contributed by atoms with van der Waals surface area (Å²) in [4.78, 5) is 23.2. The van der Waals surface area contributed by atoms with Crippen molar-refractivity contribution >= 4 is 11.8 Å². The van der Waals surface area contributed by atoms with Crippen LogP contribution in [-0.2, 0) is 9.59 Å². The first-order valence-corrected chi connectivity index (χ1v) is 7.26. The molecule has 0 aromatic heterocycles. The van der Waals surface area contributed by atoms with Crippen LogP contribution in [0.1, 0.15) is 44.7 Å². The molecule has 7 heteroatoms. The van der Waals surface area contributed by atoms with E-state index in [0.29, 0.717) is 12.5 Å². The van der Waals surface area contributed by atoms with Gasteiger partial charge in [-0.1, -0.05) is 6.07 Å². The van der Waals surface area contributed by atoms with Crippen molar-refractivity contribution in [1.82, 2.24) is 10.6 Å². The van der Waals surface area contributed by atoms with Gasteiger partial charge in [0.05, 0.1) is 6.07 Å². The number of hydrogen-bond acceptors (Lipinski definition) is 3. The molecule has 0 aliphatic rings. The number of halogens is 2. The molecule has 23 heavy (non-hydrogen) atoms. The molecule has 1 atom stereocenters. The van der Waals surface area contributed by atoms with E-state index in [1.165, 1.54) is 0 Å². The van der Waals surface area contributed by atoms with E-state index in [4.69, 9.17) is 5.26 Å². The van der Waals surface area contributed by atoms with Gasteiger partial charge in [-0.2, -0.15) is 5.26 Å². The van der Waals surface area contributed by atoms with Crippen LogP contribution in [0.5, 0.6) is 0 Å². The lowest BCUT2D eigenvalue weighted by atomic mass is 10.1. The number of nitrogens with one attached hydrogen (secondary N) is 2. The summed E-state index contributed by atoms with van der Waals surface area (Å²) in [5, 5.41) is 14.1. The Balaban J connectivity index is 2.51. The van der Waals surface area contributed by atoms with E-state index in [9.17, 15) is 18.4 Å². The van der Waals surface area contributed by atoms with Gasteiger partial charge in [-0.3, -0.25) is 9.59 Å². The fourth-order valence-corrected chi connectivity index (χ4v) is 1.95. The van der Waals surface area contributed by atoms with Gasteiger partial charge in [-0.25, -0.2) is 8.78 Å².